The Labute approximate surface area is 412 Å². The Hall–Kier alpha value is -7.69. The zero-order valence-corrected chi connectivity index (χ0v) is 38.7. The highest BCUT2D eigenvalue weighted by atomic mass is 19.1. The van der Waals surface area contributed by atoms with Gasteiger partial charge in [-0.2, -0.15) is 0 Å². The van der Waals surface area contributed by atoms with E-state index in [2.05, 4.69) is 10.6 Å². The minimum absolute atomic E-state index is 0.0584. The fourth-order valence-corrected chi connectivity index (χ4v) is 13.2. The monoisotopic (exact) mass is 1000 g/mol. The van der Waals surface area contributed by atoms with Crippen LogP contribution in [0.4, 0.5) is 13.2 Å². The predicted molar refractivity (Wildman–Crippen MR) is 261 cm³/mol. The number of rotatable bonds is 0. The van der Waals surface area contributed by atoms with E-state index in [0.717, 1.165) is 11.1 Å². The van der Waals surface area contributed by atoms with Gasteiger partial charge in [-0.05, 0) is 74.5 Å². The summed E-state index contributed by atoms with van der Waals surface area (Å²) in [7, 11) is 0. The second-order valence-electron chi connectivity index (χ2n) is 20.3. The third-order valence-electron chi connectivity index (χ3n) is 16.2. The van der Waals surface area contributed by atoms with Crippen molar-refractivity contribution in [1.29, 1.82) is 0 Å². The maximum absolute atomic E-state index is 15.3. The van der Waals surface area contributed by atoms with Gasteiger partial charge in [-0.3, -0.25) is 29.8 Å². The zero-order valence-electron chi connectivity index (χ0n) is 38.7. The van der Waals surface area contributed by atoms with Crippen molar-refractivity contribution in [2.75, 3.05) is 0 Å². The average Bonchev–Trinajstić information content (AvgIpc) is 4.18. The van der Waals surface area contributed by atoms with Crippen LogP contribution in [0.15, 0.2) is 72.8 Å². The van der Waals surface area contributed by atoms with Crippen LogP contribution in [-0.4, -0.2) is 116 Å². The SMILES string of the molecule is Cc1ccc2c(c1)c1c3c(c4c5cc(F)ccc5n5c4c1n2C1OC(C5)C(F)C(O)C1O)C(=O)NC3=O.Cc1ccc2c(c1)c1c3c(c4c5cc(F)ccc5n5c4c1n2C1OC(C5)C(O)C(O)C1O)C(=O)NC3=O. The molecule has 6 aromatic carbocycles. The molecule has 10 heterocycles. The standard InChI is InChI=1S/C27H19F2N3O5.C27H20FN3O6/c1-9-2-4-14-11(6-9)17-19-18(25(35)30-26(19)36)16-12-7-10(28)3-5-13(12)31-8-15-20(29)23(33)24(34)27(37-15)32(14)22(17)21(16)31;1-9-2-4-14-11(6-9)17-19-18(25(35)29-26(19)36)16-12-7-10(28)3-5-13(12)30-8-15-22(32)23(33)24(34)27(37-15)31(14)21(17)20(16)30/h2-7,15,20,23-24,27,33-34H,8H2,1H3,(H,30,35,36);2-7,15,22-24,27,32-34H,8H2,1H3,(H,29,35,36). The average molecular weight is 1000 g/mol. The van der Waals surface area contributed by atoms with Gasteiger partial charge in [0.2, 0.25) is 0 Å². The maximum Gasteiger partial charge on any atom is 0.259 e. The largest absolute Gasteiger partial charge is 0.388 e. The van der Waals surface area contributed by atoms with E-state index in [4.69, 9.17) is 9.47 Å². The van der Waals surface area contributed by atoms with E-state index in [1.165, 1.54) is 24.3 Å². The molecular formula is C54H39F3N6O11. The van der Waals surface area contributed by atoms with Gasteiger partial charge in [0.15, 0.2) is 18.6 Å². The Morgan fingerprint density at radius 2 is 0.851 bits per heavy atom. The highest BCUT2D eigenvalue weighted by Gasteiger charge is 2.51. The molecule has 74 heavy (non-hydrogen) atoms. The maximum atomic E-state index is 15.3. The summed E-state index contributed by atoms with van der Waals surface area (Å²) in [5, 5.41) is 63.2. The van der Waals surface area contributed by atoms with Crippen LogP contribution < -0.4 is 10.6 Å². The number of amides is 4. The molecule has 10 atom stereocenters. The molecule has 2 saturated heterocycles. The molecule has 372 valence electrons. The summed E-state index contributed by atoms with van der Waals surface area (Å²) in [6, 6.07) is 19.5. The number of imide groups is 2. The first-order chi connectivity index (χ1) is 35.5. The lowest BCUT2D eigenvalue weighted by Crippen LogP contribution is -2.56. The van der Waals surface area contributed by atoms with Gasteiger partial charge in [-0.25, -0.2) is 13.2 Å². The second-order valence-corrected chi connectivity index (χ2v) is 20.3. The van der Waals surface area contributed by atoms with Crippen molar-refractivity contribution in [1.82, 2.24) is 28.9 Å². The number of ether oxygens (including phenoxy) is 2. The molecule has 6 aliphatic heterocycles. The zero-order chi connectivity index (χ0) is 51.0. The number of halogens is 3. The van der Waals surface area contributed by atoms with E-state index < -0.39 is 96.6 Å². The first-order valence-corrected chi connectivity index (χ1v) is 24.0. The van der Waals surface area contributed by atoms with Crippen LogP contribution >= 0.6 is 0 Å². The molecule has 4 bridgehead atoms. The lowest BCUT2D eigenvalue weighted by Gasteiger charge is -2.43. The van der Waals surface area contributed by atoms with Gasteiger partial charge in [-0.15, -0.1) is 0 Å². The van der Waals surface area contributed by atoms with Crippen LogP contribution in [0, 0.1) is 25.5 Å². The Morgan fingerprint density at radius 1 is 0.473 bits per heavy atom. The number of nitrogens with one attached hydrogen (secondary N) is 2. The lowest BCUT2D eigenvalue weighted by molar-refractivity contribution is -0.245. The Kier molecular flexibility index (Phi) is 8.61. The number of benzene rings is 6. The Balaban J connectivity index is 0.000000131. The minimum Gasteiger partial charge on any atom is -0.388 e. The molecule has 4 amide bonds. The van der Waals surface area contributed by atoms with Crippen molar-refractivity contribution in [2.45, 2.75) is 88.3 Å². The molecule has 4 aromatic heterocycles. The molecule has 0 aliphatic carbocycles. The van der Waals surface area contributed by atoms with Gasteiger partial charge < -0.3 is 53.3 Å². The second kappa shape index (κ2) is 14.5. The highest BCUT2D eigenvalue weighted by Crippen LogP contribution is 2.51. The molecule has 6 aliphatic rings. The van der Waals surface area contributed by atoms with Crippen molar-refractivity contribution in [3.05, 3.63) is 118 Å². The van der Waals surface area contributed by atoms with E-state index in [0.29, 0.717) is 87.2 Å². The van der Waals surface area contributed by atoms with Crippen LogP contribution in [-0.2, 0) is 22.6 Å². The summed E-state index contributed by atoms with van der Waals surface area (Å²) in [6.07, 6.45) is -13.9. The third kappa shape index (κ3) is 5.31. The molecule has 2 fully saturated rings. The smallest absolute Gasteiger partial charge is 0.259 e. The van der Waals surface area contributed by atoms with Gasteiger partial charge in [0.05, 0.1) is 68.4 Å². The molecular weight excluding hydrogens is 966 g/mol. The van der Waals surface area contributed by atoms with Crippen LogP contribution in [0.5, 0.6) is 0 Å². The number of aliphatic hydroxyl groups excluding tert-OH is 5. The normalized spacial score (nSPS) is 26.9. The predicted octanol–water partition coefficient (Wildman–Crippen LogP) is 5.43. The number of hydrogen-bond acceptors (Lipinski definition) is 11. The summed E-state index contributed by atoms with van der Waals surface area (Å²) in [5.74, 6) is -3.31. The number of aliphatic hydroxyl groups is 5. The number of hydrogen-bond donors (Lipinski definition) is 7. The lowest BCUT2D eigenvalue weighted by atomic mass is 9.95. The number of carbonyl (C=O) groups excluding carboxylic acids is 4. The molecule has 0 radical (unpaired) electrons. The van der Waals surface area contributed by atoms with Crippen LogP contribution in [0.1, 0.15) is 65.0 Å². The number of alkyl halides is 1. The summed E-state index contributed by atoms with van der Waals surface area (Å²) in [6.45, 7) is 3.81. The first kappa shape index (κ1) is 43.9. The highest BCUT2D eigenvalue weighted by molar-refractivity contribution is 6.41. The Morgan fingerprint density at radius 3 is 1.31 bits per heavy atom. The number of aryl methyl sites for hydroxylation is 2. The summed E-state index contributed by atoms with van der Waals surface area (Å²) in [4.78, 5) is 52.9. The summed E-state index contributed by atoms with van der Waals surface area (Å²) < 4.78 is 63.9. The van der Waals surface area contributed by atoms with Crippen LogP contribution in [0.3, 0.4) is 0 Å². The van der Waals surface area contributed by atoms with E-state index in [1.54, 1.807) is 25.8 Å². The number of nitrogens with zero attached hydrogens (tertiary/aromatic N) is 4. The number of carbonyl (C=O) groups is 4. The molecule has 10 unspecified atom stereocenters. The van der Waals surface area contributed by atoms with Crippen molar-refractivity contribution in [2.24, 2.45) is 0 Å². The van der Waals surface area contributed by atoms with Crippen molar-refractivity contribution >= 4 is 111 Å². The van der Waals surface area contributed by atoms with Gasteiger partial charge in [0.25, 0.3) is 23.6 Å². The van der Waals surface area contributed by atoms with E-state index >= 15 is 4.39 Å². The molecule has 0 spiro atoms. The molecule has 17 nitrogen and oxygen atoms in total. The summed E-state index contributed by atoms with van der Waals surface area (Å²) >= 11 is 0. The van der Waals surface area contributed by atoms with Crippen molar-refractivity contribution in [3.8, 4) is 0 Å². The van der Waals surface area contributed by atoms with E-state index in [1.807, 2.05) is 54.8 Å². The fourth-order valence-electron chi connectivity index (χ4n) is 13.2. The van der Waals surface area contributed by atoms with Gasteiger partial charge in [0.1, 0.15) is 54.4 Å². The minimum atomic E-state index is -1.89. The van der Waals surface area contributed by atoms with Gasteiger partial charge in [-0.1, -0.05) is 23.3 Å². The number of fused-ring (bicyclic) bond motifs is 24. The number of aromatic nitrogens is 4. The summed E-state index contributed by atoms with van der Waals surface area (Å²) in [5.41, 5.74) is 6.91. The van der Waals surface area contributed by atoms with Crippen LogP contribution in [0.2, 0.25) is 0 Å². The Bertz CT molecular complexity index is 4090. The van der Waals surface area contributed by atoms with Gasteiger partial charge >= 0.3 is 0 Å². The van der Waals surface area contributed by atoms with E-state index in [-0.39, 0.29) is 35.3 Å². The first-order valence-electron chi connectivity index (χ1n) is 24.0. The van der Waals surface area contributed by atoms with Gasteiger partial charge in [0, 0.05) is 54.1 Å². The van der Waals surface area contributed by atoms with E-state index in [9.17, 15) is 53.5 Å². The molecule has 0 saturated carbocycles. The third-order valence-corrected chi connectivity index (χ3v) is 16.2. The van der Waals surface area contributed by atoms with Crippen molar-refractivity contribution < 1.29 is 67.4 Å². The topological polar surface area (TPSA) is 232 Å². The fraction of sp³-hybridized carbons (Fsp3) is 0.259. The van der Waals surface area contributed by atoms with Crippen LogP contribution in [0.25, 0.3) is 87.2 Å². The van der Waals surface area contributed by atoms with Crippen molar-refractivity contribution in [3.63, 3.8) is 0 Å². The molecule has 16 rings (SSSR count). The quantitative estimate of drug-likeness (QED) is 0.0947. The molecule has 7 N–H and O–H groups in total. The molecule has 20 heteroatoms. The molecule has 10 aromatic rings.